The van der Waals surface area contributed by atoms with Crippen molar-refractivity contribution in [3.8, 4) is 5.75 Å². The van der Waals surface area contributed by atoms with E-state index in [2.05, 4.69) is 5.32 Å². The lowest BCUT2D eigenvalue weighted by molar-refractivity contribution is 0.0696. The third kappa shape index (κ3) is 2.60. The molecular formula is C16H17NO3. The normalized spacial score (nSPS) is 16.2. The average Bonchev–Trinajstić information content (AvgIpc) is 2.48. The summed E-state index contributed by atoms with van der Waals surface area (Å²) < 4.78 is 5.28. The SMILES string of the molecule is O=C(NC1CCOCC1)c1ccc2c(O)cccc2c1. The highest BCUT2D eigenvalue weighted by molar-refractivity contribution is 5.99. The Kier molecular flexibility index (Phi) is 3.56. The molecule has 1 aliphatic rings. The molecule has 1 heterocycles. The highest BCUT2D eigenvalue weighted by Crippen LogP contribution is 2.25. The molecule has 0 bridgehead atoms. The Morgan fingerprint density at radius 1 is 1.20 bits per heavy atom. The van der Waals surface area contributed by atoms with Crippen molar-refractivity contribution in [1.82, 2.24) is 5.32 Å². The van der Waals surface area contributed by atoms with Crippen LogP contribution in [0, 0.1) is 0 Å². The van der Waals surface area contributed by atoms with Crippen LogP contribution in [0.1, 0.15) is 23.2 Å². The van der Waals surface area contributed by atoms with Crippen LogP contribution >= 0.6 is 0 Å². The second-order valence-electron chi connectivity index (χ2n) is 5.07. The van der Waals surface area contributed by atoms with E-state index in [1.165, 1.54) is 0 Å². The molecule has 20 heavy (non-hydrogen) atoms. The molecule has 3 rings (SSSR count). The van der Waals surface area contributed by atoms with Gasteiger partial charge in [-0.2, -0.15) is 0 Å². The van der Waals surface area contributed by atoms with E-state index < -0.39 is 0 Å². The molecule has 104 valence electrons. The van der Waals surface area contributed by atoms with E-state index in [1.807, 2.05) is 12.1 Å². The van der Waals surface area contributed by atoms with Crippen molar-refractivity contribution in [2.75, 3.05) is 13.2 Å². The maximum Gasteiger partial charge on any atom is 0.251 e. The molecule has 4 nitrogen and oxygen atoms in total. The molecule has 4 heteroatoms. The fourth-order valence-corrected chi connectivity index (χ4v) is 2.52. The van der Waals surface area contributed by atoms with Crippen LogP contribution in [0.3, 0.4) is 0 Å². The summed E-state index contributed by atoms with van der Waals surface area (Å²) in [6, 6.07) is 10.8. The van der Waals surface area contributed by atoms with E-state index in [0.717, 1.165) is 23.6 Å². The summed E-state index contributed by atoms with van der Waals surface area (Å²) in [4.78, 5) is 12.2. The number of amides is 1. The molecule has 1 amide bonds. The Bertz CT molecular complexity index is 633. The minimum absolute atomic E-state index is 0.0675. The number of benzene rings is 2. The molecule has 0 aromatic heterocycles. The minimum Gasteiger partial charge on any atom is -0.507 e. The molecule has 0 unspecified atom stereocenters. The molecule has 1 fully saturated rings. The molecule has 2 aromatic rings. The summed E-state index contributed by atoms with van der Waals surface area (Å²) in [5.74, 6) is 0.168. The molecule has 0 aliphatic carbocycles. The van der Waals surface area contributed by atoms with Gasteiger partial charge in [-0.05, 0) is 42.5 Å². The van der Waals surface area contributed by atoms with Crippen LogP contribution in [0.2, 0.25) is 0 Å². The number of phenols is 1. The summed E-state index contributed by atoms with van der Waals surface area (Å²) in [7, 11) is 0. The van der Waals surface area contributed by atoms with Crippen LogP contribution in [0.5, 0.6) is 5.75 Å². The largest absolute Gasteiger partial charge is 0.507 e. The van der Waals surface area contributed by atoms with Crippen LogP contribution in [-0.2, 0) is 4.74 Å². The summed E-state index contributed by atoms with van der Waals surface area (Å²) in [5.41, 5.74) is 0.620. The van der Waals surface area contributed by atoms with Gasteiger partial charge < -0.3 is 15.2 Å². The standard InChI is InChI=1S/C16H17NO3/c18-15-3-1-2-11-10-12(4-5-14(11)15)16(19)17-13-6-8-20-9-7-13/h1-5,10,13,18H,6-9H2,(H,17,19). The van der Waals surface area contributed by atoms with Gasteiger partial charge in [0.2, 0.25) is 0 Å². The number of carbonyl (C=O) groups is 1. The van der Waals surface area contributed by atoms with Crippen molar-refractivity contribution in [2.45, 2.75) is 18.9 Å². The smallest absolute Gasteiger partial charge is 0.251 e. The Morgan fingerprint density at radius 2 is 2.00 bits per heavy atom. The Morgan fingerprint density at radius 3 is 2.80 bits per heavy atom. The lowest BCUT2D eigenvalue weighted by Crippen LogP contribution is -2.38. The van der Waals surface area contributed by atoms with Crippen molar-refractivity contribution in [2.24, 2.45) is 0 Å². The highest BCUT2D eigenvalue weighted by Gasteiger charge is 2.17. The lowest BCUT2D eigenvalue weighted by Gasteiger charge is -2.23. The first kappa shape index (κ1) is 12.9. The van der Waals surface area contributed by atoms with Crippen LogP contribution in [-0.4, -0.2) is 30.3 Å². The number of phenolic OH excluding ortho intramolecular Hbond substituents is 1. The van der Waals surface area contributed by atoms with E-state index in [-0.39, 0.29) is 17.7 Å². The minimum atomic E-state index is -0.0675. The van der Waals surface area contributed by atoms with E-state index in [4.69, 9.17) is 4.74 Å². The second kappa shape index (κ2) is 5.51. The third-order valence-electron chi connectivity index (χ3n) is 3.68. The van der Waals surface area contributed by atoms with Crippen molar-refractivity contribution in [3.05, 3.63) is 42.0 Å². The lowest BCUT2D eigenvalue weighted by atomic mass is 10.0. The van der Waals surface area contributed by atoms with Crippen LogP contribution < -0.4 is 5.32 Å². The average molecular weight is 271 g/mol. The zero-order valence-electron chi connectivity index (χ0n) is 11.1. The molecule has 1 saturated heterocycles. The summed E-state index contributed by atoms with van der Waals surface area (Å²) >= 11 is 0. The first-order valence-corrected chi connectivity index (χ1v) is 6.84. The predicted molar refractivity (Wildman–Crippen MR) is 76.9 cm³/mol. The van der Waals surface area contributed by atoms with Gasteiger partial charge in [0.1, 0.15) is 5.75 Å². The first-order chi connectivity index (χ1) is 9.74. The van der Waals surface area contributed by atoms with Gasteiger partial charge in [0.05, 0.1) is 0 Å². The molecule has 0 spiro atoms. The summed E-state index contributed by atoms with van der Waals surface area (Å²) in [5, 5.41) is 14.4. The van der Waals surface area contributed by atoms with Crippen LogP contribution in [0.25, 0.3) is 10.8 Å². The Balaban J connectivity index is 1.80. The van der Waals surface area contributed by atoms with Crippen LogP contribution in [0.15, 0.2) is 36.4 Å². The van der Waals surface area contributed by atoms with Crippen molar-refractivity contribution < 1.29 is 14.6 Å². The summed E-state index contributed by atoms with van der Waals surface area (Å²) in [6.07, 6.45) is 1.72. The molecule has 0 saturated carbocycles. The Hall–Kier alpha value is -2.07. The number of hydrogen-bond donors (Lipinski definition) is 2. The van der Waals surface area contributed by atoms with Gasteiger partial charge in [-0.15, -0.1) is 0 Å². The van der Waals surface area contributed by atoms with Crippen LogP contribution in [0.4, 0.5) is 0 Å². The number of rotatable bonds is 2. The van der Waals surface area contributed by atoms with Gasteiger partial charge in [-0.1, -0.05) is 12.1 Å². The van der Waals surface area contributed by atoms with Crippen molar-refractivity contribution in [3.63, 3.8) is 0 Å². The fraction of sp³-hybridized carbons (Fsp3) is 0.312. The van der Waals surface area contributed by atoms with E-state index in [0.29, 0.717) is 18.8 Å². The number of fused-ring (bicyclic) bond motifs is 1. The van der Waals surface area contributed by atoms with Gasteiger partial charge >= 0.3 is 0 Å². The van der Waals surface area contributed by atoms with Gasteiger partial charge in [0, 0.05) is 30.2 Å². The molecule has 1 aliphatic heterocycles. The van der Waals surface area contributed by atoms with Gasteiger partial charge in [-0.25, -0.2) is 0 Å². The topological polar surface area (TPSA) is 58.6 Å². The molecule has 2 aromatic carbocycles. The number of ether oxygens (including phenoxy) is 1. The number of carbonyl (C=O) groups excluding carboxylic acids is 1. The third-order valence-corrected chi connectivity index (χ3v) is 3.68. The quantitative estimate of drug-likeness (QED) is 0.882. The summed E-state index contributed by atoms with van der Waals surface area (Å²) in [6.45, 7) is 1.41. The Labute approximate surface area is 117 Å². The molecular weight excluding hydrogens is 254 g/mol. The number of nitrogens with one attached hydrogen (secondary N) is 1. The van der Waals surface area contributed by atoms with E-state index >= 15 is 0 Å². The zero-order valence-corrected chi connectivity index (χ0v) is 11.1. The maximum absolute atomic E-state index is 12.2. The highest BCUT2D eigenvalue weighted by atomic mass is 16.5. The molecule has 0 atom stereocenters. The number of hydrogen-bond acceptors (Lipinski definition) is 3. The predicted octanol–water partition coefficient (Wildman–Crippen LogP) is 2.45. The number of aromatic hydroxyl groups is 1. The molecule has 2 N–H and O–H groups in total. The fourth-order valence-electron chi connectivity index (χ4n) is 2.52. The second-order valence-corrected chi connectivity index (χ2v) is 5.07. The molecule has 0 radical (unpaired) electrons. The maximum atomic E-state index is 12.2. The van der Waals surface area contributed by atoms with Crippen molar-refractivity contribution >= 4 is 16.7 Å². The van der Waals surface area contributed by atoms with Crippen molar-refractivity contribution in [1.29, 1.82) is 0 Å². The van der Waals surface area contributed by atoms with Gasteiger partial charge in [-0.3, -0.25) is 4.79 Å². The monoisotopic (exact) mass is 271 g/mol. The zero-order chi connectivity index (χ0) is 13.9. The van der Waals surface area contributed by atoms with Gasteiger partial charge in [0.15, 0.2) is 0 Å². The first-order valence-electron chi connectivity index (χ1n) is 6.84. The van der Waals surface area contributed by atoms with Gasteiger partial charge in [0.25, 0.3) is 5.91 Å². The van der Waals surface area contributed by atoms with E-state index in [9.17, 15) is 9.90 Å². The van der Waals surface area contributed by atoms with E-state index in [1.54, 1.807) is 24.3 Å².